The average molecular weight is 258 g/mol. The number of carbonyl (C=O) groups excluding carboxylic acids is 1. The maximum absolute atomic E-state index is 10.7. The Bertz CT molecular complexity index is 584. The highest BCUT2D eigenvalue weighted by Crippen LogP contribution is 2.20. The van der Waals surface area contributed by atoms with Gasteiger partial charge in [-0.3, -0.25) is 9.20 Å². The van der Waals surface area contributed by atoms with E-state index in [1.807, 2.05) is 16.7 Å². The van der Waals surface area contributed by atoms with Crippen molar-refractivity contribution in [3.05, 3.63) is 29.7 Å². The largest absolute Gasteiger partial charge is 0.306 e. The van der Waals surface area contributed by atoms with Crippen molar-refractivity contribution in [3.63, 3.8) is 0 Å². The summed E-state index contributed by atoms with van der Waals surface area (Å²) in [5.74, 6) is 1.69. The number of hydrogen-bond donors (Lipinski definition) is 0. The highest BCUT2D eigenvalue weighted by Gasteiger charge is 2.19. The molecule has 0 spiro atoms. The number of likely N-dealkylation sites (tertiary alicyclic amines) is 1. The summed E-state index contributed by atoms with van der Waals surface area (Å²) in [7, 11) is 2.17. The topological polar surface area (TPSA) is 50.5 Å². The second-order valence-electron chi connectivity index (χ2n) is 5.37. The van der Waals surface area contributed by atoms with Gasteiger partial charge in [0, 0.05) is 18.2 Å². The molecule has 3 rings (SSSR count). The molecule has 1 aliphatic heterocycles. The van der Waals surface area contributed by atoms with Crippen molar-refractivity contribution in [2.45, 2.75) is 19.3 Å². The summed E-state index contributed by atoms with van der Waals surface area (Å²) in [6, 6.07) is 3.58. The van der Waals surface area contributed by atoms with Gasteiger partial charge >= 0.3 is 0 Å². The summed E-state index contributed by atoms with van der Waals surface area (Å²) in [6.07, 6.45) is 6.14. The molecule has 0 bridgehead atoms. The van der Waals surface area contributed by atoms with Crippen LogP contribution in [0.3, 0.4) is 0 Å². The maximum atomic E-state index is 10.7. The van der Waals surface area contributed by atoms with Gasteiger partial charge in [0.2, 0.25) is 0 Å². The fourth-order valence-electron chi connectivity index (χ4n) is 2.69. The number of fused-ring (bicyclic) bond motifs is 1. The molecular formula is C14H18N4O. The van der Waals surface area contributed by atoms with Crippen molar-refractivity contribution in [2.24, 2.45) is 5.92 Å². The quantitative estimate of drug-likeness (QED) is 0.781. The minimum absolute atomic E-state index is 0.644. The monoisotopic (exact) mass is 258 g/mol. The van der Waals surface area contributed by atoms with Gasteiger partial charge in [0.1, 0.15) is 12.1 Å². The van der Waals surface area contributed by atoms with E-state index in [1.54, 1.807) is 6.07 Å². The summed E-state index contributed by atoms with van der Waals surface area (Å²) in [5.41, 5.74) is 1.40. The zero-order chi connectivity index (χ0) is 13.2. The van der Waals surface area contributed by atoms with Crippen LogP contribution in [0.1, 0.15) is 29.0 Å². The first-order valence-corrected chi connectivity index (χ1v) is 6.73. The number of hydrogen-bond acceptors (Lipinski definition) is 4. The molecule has 5 heteroatoms. The van der Waals surface area contributed by atoms with Gasteiger partial charge in [0.05, 0.1) is 0 Å². The van der Waals surface area contributed by atoms with E-state index in [2.05, 4.69) is 22.1 Å². The number of aromatic nitrogens is 3. The molecule has 0 aliphatic carbocycles. The molecule has 0 N–H and O–H groups in total. The van der Waals surface area contributed by atoms with Gasteiger partial charge in [0.15, 0.2) is 5.65 Å². The Kier molecular flexibility index (Phi) is 3.29. The molecule has 0 saturated carbocycles. The van der Waals surface area contributed by atoms with Gasteiger partial charge in [-0.15, -0.1) is 10.2 Å². The molecule has 2 aromatic rings. The van der Waals surface area contributed by atoms with E-state index >= 15 is 0 Å². The molecule has 1 aliphatic rings. The van der Waals surface area contributed by atoms with Crippen molar-refractivity contribution in [2.75, 3.05) is 20.1 Å². The van der Waals surface area contributed by atoms with E-state index in [-0.39, 0.29) is 0 Å². The Morgan fingerprint density at radius 3 is 2.89 bits per heavy atom. The van der Waals surface area contributed by atoms with Crippen molar-refractivity contribution in [1.82, 2.24) is 19.5 Å². The second kappa shape index (κ2) is 5.09. The summed E-state index contributed by atoms with van der Waals surface area (Å²) in [6.45, 7) is 2.33. The molecular weight excluding hydrogens is 240 g/mol. The lowest BCUT2D eigenvalue weighted by molar-refractivity contribution is 0.112. The molecule has 0 atom stereocenters. The van der Waals surface area contributed by atoms with Gasteiger partial charge in [-0.2, -0.15) is 0 Å². The Balaban J connectivity index is 1.79. The molecule has 5 nitrogen and oxygen atoms in total. The molecule has 2 aromatic heterocycles. The normalized spacial score (nSPS) is 17.9. The fourth-order valence-corrected chi connectivity index (χ4v) is 2.69. The summed E-state index contributed by atoms with van der Waals surface area (Å²) < 4.78 is 1.99. The molecule has 19 heavy (non-hydrogen) atoms. The van der Waals surface area contributed by atoms with E-state index in [4.69, 9.17) is 0 Å². The van der Waals surface area contributed by atoms with Crippen LogP contribution in [0, 0.1) is 5.92 Å². The SMILES string of the molecule is CN1CCC(Cc2nnc3cc(C=O)ccn23)CC1. The first-order chi connectivity index (χ1) is 9.26. The fraction of sp³-hybridized carbons (Fsp3) is 0.500. The Morgan fingerprint density at radius 2 is 2.16 bits per heavy atom. The highest BCUT2D eigenvalue weighted by molar-refractivity contribution is 5.76. The van der Waals surface area contributed by atoms with Crippen molar-refractivity contribution < 1.29 is 4.79 Å². The van der Waals surface area contributed by atoms with Gasteiger partial charge < -0.3 is 4.90 Å². The van der Waals surface area contributed by atoms with Crippen LogP contribution in [0.2, 0.25) is 0 Å². The molecule has 1 fully saturated rings. The molecule has 0 aromatic carbocycles. The van der Waals surface area contributed by atoms with Crippen LogP contribution in [0.5, 0.6) is 0 Å². The number of carbonyl (C=O) groups is 1. The van der Waals surface area contributed by atoms with E-state index in [0.717, 1.165) is 37.3 Å². The zero-order valence-electron chi connectivity index (χ0n) is 11.1. The Labute approximate surface area is 112 Å². The van der Waals surface area contributed by atoms with Crippen molar-refractivity contribution in [1.29, 1.82) is 0 Å². The van der Waals surface area contributed by atoms with Gasteiger partial charge in [-0.05, 0) is 51.0 Å². The van der Waals surface area contributed by atoms with E-state index in [0.29, 0.717) is 11.5 Å². The lowest BCUT2D eigenvalue weighted by Gasteiger charge is -2.28. The molecule has 0 radical (unpaired) electrons. The zero-order valence-corrected chi connectivity index (χ0v) is 11.1. The highest BCUT2D eigenvalue weighted by atomic mass is 16.1. The average Bonchev–Trinajstić information content (AvgIpc) is 2.83. The van der Waals surface area contributed by atoms with Crippen LogP contribution in [-0.4, -0.2) is 45.9 Å². The summed E-state index contributed by atoms with van der Waals surface area (Å²) in [4.78, 5) is 13.1. The first kappa shape index (κ1) is 12.3. The summed E-state index contributed by atoms with van der Waals surface area (Å²) >= 11 is 0. The van der Waals surface area contributed by atoms with Gasteiger partial charge in [-0.25, -0.2) is 0 Å². The van der Waals surface area contributed by atoms with E-state index in [9.17, 15) is 4.79 Å². The maximum Gasteiger partial charge on any atom is 0.161 e. The van der Waals surface area contributed by atoms with Crippen LogP contribution in [0.15, 0.2) is 18.3 Å². The van der Waals surface area contributed by atoms with Gasteiger partial charge in [-0.1, -0.05) is 0 Å². The standard InChI is InChI=1S/C14H18N4O/c1-17-5-2-11(3-6-17)8-13-15-16-14-9-12(10-19)4-7-18(13)14/h4,7,9-11H,2-3,5-6,8H2,1H3. The molecule has 100 valence electrons. The van der Waals surface area contributed by atoms with E-state index in [1.165, 1.54) is 12.8 Å². The smallest absolute Gasteiger partial charge is 0.161 e. The summed E-state index contributed by atoms with van der Waals surface area (Å²) in [5, 5.41) is 8.42. The minimum Gasteiger partial charge on any atom is -0.306 e. The third-order valence-electron chi connectivity index (χ3n) is 3.95. The Hall–Kier alpha value is -1.75. The predicted octanol–water partition coefficient (Wildman–Crippen LogP) is 1.43. The van der Waals surface area contributed by atoms with Crippen LogP contribution >= 0.6 is 0 Å². The molecule has 3 heterocycles. The third-order valence-corrected chi connectivity index (χ3v) is 3.95. The number of rotatable bonds is 3. The Morgan fingerprint density at radius 1 is 1.37 bits per heavy atom. The van der Waals surface area contributed by atoms with Crippen molar-refractivity contribution >= 4 is 11.9 Å². The molecule has 0 unspecified atom stereocenters. The predicted molar refractivity (Wildman–Crippen MR) is 72.3 cm³/mol. The number of nitrogens with zero attached hydrogens (tertiary/aromatic N) is 4. The first-order valence-electron chi connectivity index (χ1n) is 6.73. The number of piperidine rings is 1. The molecule has 0 amide bonds. The van der Waals surface area contributed by atoms with Crippen molar-refractivity contribution in [3.8, 4) is 0 Å². The second-order valence-corrected chi connectivity index (χ2v) is 5.37. The number of aldehydes is 1. The van der Waals surface area contributed by atoms with E-state index < -0.39 is 0 Å². The van der Waals surface area contributed by atoms with Crippen LogP contribution in [-0.2, 0) is 6.42 Å². The van der Waals surface area contributed by atoms with Gasteiger partial charge in [0.25, 0.3) is 0 Å². The number of pyridine rings is 1. The van der Waals surface area contributed by atoms with Crippen LogP contribution in [0.25, 0.3) is 5.65 Å². The minimum atomic E-state index is 0.644. The lowest BCUT2D eigenvalue weighted by atomic mass is 9.93. The lowest BCUT2D eigenvalue weighted by Crippen LogP contribution is -2.31. The molecule has 1 saturated heterocycles. The van der Waals surface area contributed by atoms with Crippen LogP contribution in [0.4, 0.5) is 0 Å². The van der Waals surface area contributed by atoms with Crippen LogP contribution < -0.4 is 0 Å². The third kappa shape index (κ3) is 2.51.